The third-order valence-electron chi connectivity index (χ3n) is 3.96. The molecule has 1 aliphatic carbocycles. The van der Waals surface area contributed by atoms with Crippen molar-refractivity contribution >= 4 is 6.08 Å². The summed E-state index contributed by atoms with van der Waals surface area (Å²) in [6.45, 7) is 2.08. The van der Waals surface area contributed by atoms with Crippen molar-refractivity contribution in [2.24, 2.45) is 0 Å². The van der Waals surface area contributed by atoms with Gasteiger partial charge in [0.2, 0.25) is 0 Å². The predicted octanol–water partition coefficient (Wildman–Crippen LogP) is 4.39. The third-order valence-corrected chi connectivity index (χ3v) is 3.96. The van der Waals surface area contributed by atoms with Crippen LogP contribution in [0.15, 0.2) is 42.0 Å². The average molecular weight is 284 g/mol. The van der Waals surface area contributed by atoms with E-state index in [4.69, 9.17) is 9.47 Å². The molecule has 0 amide bonds. The molecule has 2 aromatic rings. The number of hydrogen-bond donors (Lipinski definition) is 0. The molecule has 0 N–H and O–H groups in total. The van der Waals surface area contributed by atoms with Crippen LogP contribution in [0.2, 0.25) is 0 Å². The molecule has 0 saturated carbocycles. The van der Waals surface area contributed by atoms with Crippen LogP contribution in [0.3, 0.4) is 0 Å². The summed E-state index contributed by atoms with van der Waals surface area (Å²) in [6.07, 6.45) is 2.12. The molecule has 0 radical (unpaired) electrons. The Balaban J connectivity index is 2.14. The topological polar surface area (TPSA) is 18.5 Å². The Morgan fingerprint density at radius 3 is 2.29 bits per heavy atom. The van der Waals surface area contributed by atoms with Gasteiger partial charge in [-0.1, -0.05) is 29.8 Å². The molecule has 21 heavy (non-hydrogen) atoms. The van der Waals surface area contributed by atoms with Crippen LogP contribution in [-0.4, -0.2) is 14.2 Å². The summed E-state index contributed by atoms with van der Waals surface area (Å²) < 4.78 is 24.0. The van der Waals surface area contributed by atoms with Crippen LogP contribution in [-0.2, 0) is 0 Å². The first kappa shape index (κ1) is 13.7. The molecule has 0 heterocycles. The fourth-order valence-electron chi connectivity index (χ4n) is 3.02. The van der Waals surface area contributed by atoms with Gasteiger partial charge in [-0.15, -0.1) is 0 Å². The van der Waals surface area contributed by atoms with Crippen molar-refractivity contribution in [2.75, 3.05) is 14.2 Å². The molecule has 0 aromatic heterocycles. The van der Waals surface area contributed by atoms with Crippen molar-refractivity contribution in [3.8, 4) is 11.5 Å². The van der Waals surface area contributed by atoms with Crippen LogP contribution in [0, 0.1) is 5.82 Å². The second-order valence-electron chi connectivity index (χ2n) is 5.18. The van der Waals surface area contributed by atoms with Gasteiger partial charge >= 0.3 is 0 Å². The molecule has 3 rings (SSSR count). The highest BCUT2D eigenvalue weighted by atomic mass is 19.1. The van der Waals surface area contributed by atoms with Crippen LogP contribution in [0.4, 0.5) is 4.39 Å². The number of methoxy groups -OCH3 is 2. The average Bonchev–Trinajstić information content (AvgIpc) is 2.83. The van der Waals surface area contributed by atoms with Crippen LogP contribution >= 0.6 is 0 Å². The molecule has 1 aliphatic rings. The molecule has 0 fully saturated rings. The highest BCUT2D eigenvalue weighted by molar-refractivity contribution is 5.75. The van der Waals surface area contributed by atoms with Crippen molar-refractivity contribution in [1.29, 1.82) is 0 Å². The van der Waals surface area contributed by atoms with Gasteiger partial charge in [-0.05, 0) is 36.2 Å². The highest BCUT2D eigenvalue weighted by Crippen LogP contribution is 2.47. The van der Waals surface area contributed by atoms with E-state index in [-0.39, 0.29) is 11.7 Å². The molecule has 108 valence electrons. The zero-order chi connectivity index (χ0) is 15.0. The van der Waals surface area contributed by atoms with Crippen molar-refractivity contribution in [1.82, 2.24) is 0 Å². The summed E-state index contributed by atoms with van der Waals surface area (Å²) in [5, 5.41) is 0. The lowest BCUT2D eigenvalue weighted by atomic mass is 9.89. The van der Waals surface area contributed by atoms with E-state index in [0.29, 0.717) is 0 Å². The molecule has 1 atom stereocenters. The predicted molar refractivity (Wildman–Crippen MR) is 81.4 cm³/mol. The maximum absolute atomic E-state index is 13.1. The van der Waals surface area contributed by atoms with E-state index in [1.165, 1.54) is 17.7 Å². The Hall–Kier alpha value is -2.29. The number of fused-ring (bicyclic) bond motifs is 1. The molecular weight excluding hydrogens is 267 g/mol. The van der Waals surface area contributed by atoms with Gasteiger partial charge < -0.3 is 9.47 Å². The van der Waals surface area contributed by atoms with Gasteiger partial charge in [0.05, 0.1) is 14.2 Å². The first-order chi connectivity index (χ1) is 10.2. The Bertz CT molecular complexity index is 702. The summed E-state index contributed by atoms with van der Waals surface area (Å²) >= 11 is 0. The summed E-state index contributed by atoms with van der Waals surface area (Å²) in [5.41, 5.74) is 4.50. The van der Waals surface area contributed by atoms with Gasteiger partial charge in [0.25, 0.3) is 0 Å². The minimum absolute atomic E-state index is 0.139. The maximum Gasteiger partial charge on any atom is 0.168 e. The van der Waals surface area contributed by atoms with Crippen molar-refractivity contribution in [3.63, 3.8) is 0 Å². The molecular formula is C18H17FO2. The molecule has 0 spiro atoms. The highest BCUT2D eigenvalue weighted by Gasteiger charge is 2.28. The minimum Gasteiger partial charge on any atom is -0.493 e. The van der Waals surface area contributed by atoms with E-state index in [1.807, 2.05) is 18.2 Å². The zero-order valence-corrected chi connectivity index (χ0v) is 12.3. The monoisotopic (exact) mass is 284 g/mol. The van der Waals surface area contributed by atoms with Crippen molar-refractivity contribution < 1.29 is 13.9 Å². The molecule has 1 unspecified atom stereocenters. The van der Waals surface area contributed by atoms with E-state index < -0.39 is 0 Å². The Morgan fingerprint density at radius 2 is 1.67 bits per heavy atom. The first-order valence-electron chi connectivity index (χ1n) is 6.84. The lowest BCUT2D eigenvalue weighted by Crippen LogP contribution is -2.01. The smallest absolute Gasteiger partial charge is 0.168 e. The van der Waals surface area contributed by atoms with Crippen LogP contribution < -0.4 is 9.47 Å². The van der Waals surface area contributed by atoms with Crippen LogP contribution in [0.25, 0.3) is 6.08 Å². The standard InChI is InChI=1S/C18H17FO2/c1-11-10-15-14(8-9-16(20-2)18(15)21-3)17(11)12-4-6-13(19)7-5-12/h4-10,17H,1-3H3. The van der Waals surface area contributed by atoms with Gasteiger partial charge in [-0.2, -0.15) is 0 Å². The number of allylic oxidation sites excluding steroid dienone is 1. The van der Waals surface area contributed by atoms with E-state index in [0.717, 1.165) is 28.2 Å². The third kappa shape index (κ3) is 2.19. The molecule has 0 saturated heterocycles. The van der Waals surface area contributed by atoms with Gasteiger partial charge in [0.1, 0.15) is 5.82 Å². The largest absolute Gasteiger partial charge is 0.493 e. The molecule has 0 bridgehead atoms. The Morgan fingerprint density at radius 1 is 0.952 bits per heavy atom. The maximum atomic E-state index is 13.1. The minimum atomic E-state index is -0.217. The van der Waals surface area contributed by atoms with E-state index in [9.17, 15) is 4.39 Å². The number of rotatable bonds is 3. The quantitative estimate of drug-likeness (QED) is 0.832. The molecule has 0 aliphatic heterocycles. The number of hydrogen-bond acceptors (Lipinski definition) is 2. The summed E-state index contributed by atoms with van der Waals surface area (Å²) in [4.78, 5) is 0. The van der Waals surface area contributed by atoms with Gasteiger partial charge in [-0.3, -0.25) is 0 Å². The number of benzene rings is 2. The second-order valence-corrected chi connectivity index (χ2v) is 5.18. The summed E-state index contributed by atoms with van der Waals surface area (Å²) in [6, 6.07) is 10.6. The Kier molecular flexibility index (Phi) is 3.42. The number of ether oxygens (including phenoxy) is 2. The fourth-order valence-corrected chi connectivity index (χ4v) is 3.02. The summed E-state index contributed by atoms with van der Waals surface area (Å²) in [5.74, 6) is 1.39. The number of halogens is 1. The summed E-state index contributed by atoms with van der Waals surface area (Å²) in [7, 11) is 3.28. The van der Waals surface area contributed by atoms with Crippen molar-refractivity contribution in [2.45, 2.75) is 12.8 Å². The molecule has 2 nitrogen and oxygen atoms in total. The van der Waals surface area contributed by atoms with Gasteiger partial charge in [0.15, 0.2) is 11.5 Å². The lowest BCUT2D eigenvalue weighted by molar-refractivity contribution is 0.354. The van der Waals surface area contributed by atoms with E-state index >= 15 is 0 Å². The first-order valence-corrected chi connectivity index (χ1v) is 6.84. The normalized spacial score (nSPS) is 16.4. The van der Waals surface area contributed by atoms with E-state index in [2.05, 4.69) is 19.1 Å². The lowest BCUT2D eigenvalue weighted by Gasteiger charge is -2.17. The SMILES string of the molecule is COc1ccc2c(c1OC)C=C(C)C2c1ccc(F)cc1. The molecule has 3 heteroatoms. The van der Waals surface area contributed by atoms with Gasteiger partial charge in [0, 0.05) is 11.5 Å². The van der Waals surface area contributed by atoms with Crippen LogP contribution in [0.1, 0.15) is 29.5 Å². The Labute approximate surface area is 123 Å². The molecule has 2 aromatic carbocycles. The van der Waals surface area contributed by atoms with Crippen molar-refractivity contribution in [3.05, 3.63) is 64.5 Å². The zero-order valence-electron chi connectivity index (χ0n) is 12.3. The van der Waals surface area contributed by atoms with E-state index in [1.54, 1.807) is 14.2 Å². The second kappa shape index (κ2) is 5.24. The fraction of sp³-hybridized carbons (Fsp3) is 0.222. The van der Waals surface area contributed by atoms with Gasteiger partial charge in [-0.25, -0.2) is 4.39 Å². The van der Waals surface area contributed by atoms with Crippen LogP contribution in [0.5, 0.6) is 11.5 Å².